The van der Waals surface area contributed by atoms with Crippen LogP contribution >= 0.6 is 0 Å². The molecule has 5 rings (SSSR count). The largest absolute Gasteiger partial charge is 0.493 e. The Labute approximate surface area is 286 Å². The van der Waals surface area contributed by atoms with Gasteiger partial charge in [0.05, 0.1) is 36.9 Å². The maximum Gasteiger partial charge on any atom is 0.406 e. The normalized spacial score (nSPS) is 18.1. The van der Waals surface area contributed by atoms with Crippen molar-refractivity contribution in [1.82, 2.24) is 14.6 Å². The number of amides is 1. The molecule has 2 aliphatic heterocycles. The number of carboxylic acids is 1. The maximum absolute atomic E-state index is 14.3. The number of anilines is 1. The third kappa shape index (κ3) is 9.92. The molecule has 3 aromatic rings. The van der Waals surface area contributed by atoms with Crippen molar-refractivity contribution in [2.75, 3.05) is 37.0 Å². The quantitative estimate of drug-likeness (QED) is 0.127. The van der Waals surface area contributed by atoms with Crippen LogP contribution in [-0.4, -0.2) is 64.0 Å². The van der Waals surface area contributed by atoms with E-state index in [9.17, 15) is 27.9 Å². The molecule has 12 heteroatoms. The lowest BCUT2D eigenvalue weighted by Crippen LogP contribution is -2.45. The van der Waals surface area contributed by atoms with E-state index < -0.39 is 48.9 Å². The van der Waals surface area contributed by atoms with Gasteiger partial charge in [-0.3, -0.25) is 9.59 Å². The van der Waals surface area contributed by atoms with Crippen LogP contribution in [0.2, 0.25) is 0 Å². The summed E-state index contributed by atoms with van der Waals surface area (Å²) in [5, 5.41) is 12.9. The fraction of sp³-hybridized carbons (Fsp3) is 0.541. The van der Waals surface area contributed by atoms with E-state index in [4.69, 9.17) is 4.74 Å². The number of unbranched alkanes of at least 4 members (excludes halogenated alkanes) is 6. The number of hydrogen-bond acceptors (Lipinski definition) is 6. The molecule has 9 nitrogen and oxygen atoms in total. The van der Waals surface area contributed by atoms with Gasteiger partial charge in [0.15, 0.2) is 0 Å². The number of rotatable bonds is 17. The van der Waals surface area contributed by atoms with Crippen LogP contribution in [-0.2, 0) is 22.4 Å². The van der Waals surface area contributed by atoms with Gasteiger partial charge in [0.2, 0.25) is 11.9 Å². The molecule has 0 saturated heterocycles. The molecule has 0 spiro atoms. The number of halogens is 3. The van der Waals surface area contributed by atoms with Crippen LogP contribution in [0.15, 0.2) is 54.7 Å². The third-order valence-electron chi connectivity index (χ3n) is 9.44. The lowest BCUT2D eigenvalue weighted by Gasteiger charge is -2.38. The van der Waals surface area contributed by atoms with E-state index in [0.29, 0.717) is 29.7 Å². The van der Waals surface area contributed by atoms with E-state index in [0.717, 1.165) is 73.7 Å². The van der Waals surface area contributed by atoms with Crippen molar-refractivity contribution in [3.05, 3.63) is 77.1 Å². The van der Waals surface area contributed by atoms with Crippen molar-refractivity contribution in [3.8, 4) is 5.75 Å². The summed E-state index contributed by atoms with van der Waals surface area (Å²) in [5.74, 6) is -2.37. The molecule has 2 aliphatic rings. The van der Waals surface area contributed by atoms with Gasteiger partial charge in [-0.25, -0.2) is 9.66 Å². The highest BCUT2D eigenvalue weighted by molar-refractivity contribution is 5.85. The molecule has 2 aromatic carbocycles. The Morgan fingerprint density at radius 1 is 1.06 bits per heavy atom. The van der Waals surface area contributed by atoms with Crippen LogP contribution in [0.25, 0.3) is 0 Å². The van der Waals surface area contributed by atoms with Crippen LogP contribution in [0.3, 0.4) is 0 Å². The van der Waals surface area contributed by atoms with Crippen molar-refractivity contribution in [2.45, 2.75) is 95.7 Å². The number of aliphatic carboxylic acids is 1. The topological polar surface area (TPSA) is 109 Å². The monoisotopic (exact) mass is 683 g/mol. The first kappa shape index (κ1) is 36.1. The molecular weight excluding hydrogens is 635 g/mol. The van der Waals surface area contributed by atoms with Gasteiger partial charge in [-0.05, 0) is 41.7 Å². The van der Waals surface area contributed by atoms with Gasteiger partial charge in [-0.1, -0.05) is 88.3 Å². The van der Waals surface area contributed by atoms with E-state index in [-0.39, 0.29) is 13.0 Å². The van der Waals surface area contributed by atoms with Crippen LogP contribution in [0.4, 0.5) is 19.1 Å². The number of alkyl halides is 3. The minimum atomic E-state index is -4.69. The molecule has 0 bridgehead atoms. The van der Waals surface area contributed by atoms with Gasteiger partial charge in [0.1, 0.15) is 12.3 Å². The number of aromatic nitrogens is 2. The minimum Gasteiger partial charge on any atom is -0.493 e. The second-order valence-corrected chi connectivity index (χ2v) is 13.2. The van der Waals surface area contributed by atoms with Gasteiger partial charge in [0.25, 0.3) is 0 Å². The van der Waals surface area contributed by atoms with Crippen molar-refractivity contribution < 1.29 is 32.6 Å². The van der Waals surface area contributed by atoms with Gasteiger partial charge >= 0.3 is 12.1 Å². The minimum absolute atomic E-state index is 0.0325. The summed E-state index contributed by atoms with van der Waals surface area (Å²) in [4.78, 5) is 31.4. The number of nitrogens with zero attached hydrogens (tertiary/aromatic N) is 3. The molecule has 0 saturated carbocycles. The molecule has 0 aliphatic carbocycles. The number of ether oxygens (including phenoxy) is 1. The maximum atomic E-state index is 14.3. The lowest BCUT2D eigenvalue weighted by molar-refractivity contribution is -0.170. The van der Waals surface area contributed by atoms with Crippen LogP contribution in [0, 0.1) is 5.92 Å². The summed E-state index contributed by atoms with van der Waals surface area (Å²) in [7, 11) is 0. The van der Waals surface area contributed by atoms with E-state index >= 15 is 0 Å². The standard InChI is InChI=1S/C37H48F3N5O4/c1-2-3-4-5-6-7-11-14-31(26-12-9-8-10-13-26)34-32-23-30(49-20-17-29-24-45-36(43-29)41-18-19-42-45)16-15-27(32)21-28(22-33(46)47)35(48)44(34)25-37(38,39)40/h8-10,12-13,15-16,23-24,28,31,34,42H,2-7,11,14,17-22,25H2,1H3,(H,41,43)(H,46,47). The second-order valence-electron chi connectivity index (χ2n) is 13.2. The average Bonchev–Trinajstić information content (AvgIpc) is 3.45. The number of benzene rings is 2. The van der Waals surface area contributed by atoms with Crippen molar-refractivity contribution in [1.29, 1.82) is 0 Å². The molecule has 0 fully saturated rings. The van der Waals surface area contributed by atoms with Crippen LogP contribution in [0.1, 0.15) is 99.1 Å². The number of hydrogen-bond donors (Lipinski definition) is 3. The highest BCUT2D eigenvalue weighted by Gasteiger charge is 2.45. The number of carbonyl (C=O) groups is 2. The first-order valence-electron chi connectivity index (χ1n) is 17.6. The molecule has 0 radical (unpaired) electrons. The van der Waals surface area contributed by atoms with Gasteiger partial charge in [0, 0.05) is 25.4 Å². The summed E-state index contributed by atoms with van der Waals surface area (Å²) < 4.78 is 51.0. The first-order valence-corrected chi connectivity index (χ1v) is 17.6. The Morgan fingerprint density at radius 3 is 2.53 bits per heavy atom. The summed E-state index contributed by atoms with van der Waals surface area (Å²) in [6.45, 7) is 2.53. The second kappa shape index (κ2) is 16.9. The molecule has 266 valence electrons. The van der Waals surface area contributed by atoms with E-state index in [1.54, 1.807) is 18.2 Å². The zero-order valence-electron chi connectivity index (χ0n) is 28.2. The number of carboxylic acid groups (broad SMARTS) is 1. The molecular formula is C37H48F3N5O4. The fourth-order valence-electron chi connectivity index (χ4n) is 7.14. The first-order chi connectivity index (χ1) is 23.6. The Bertz CT molecular complexity index is 1510. The summed E-state index contributed by atoms with van der Waals surface area (Å²) in [5.41, 5.74) is 6.14. The van der Waals surface area contributed by atoms with Crippen LogP contribution < -0.4 is 15.5 Å². The number of fused-ring (bicyclic) bond motifs is 2. The predicted molar refractivity (Wildman–Crippen MR) is 182 cm³/mol. The Hall–Kier alpha value is -4.22. The Morgan fingerprint density at radius 2 is 1.82 bits per heavy atom. The number of carbonyl (C=O) groups excluding carboxylic acids is 1. The van der Waals surface area contributed by atoms with Gasteiger partial charge in [-0.2, -0.15) is 13.2 Å². The zero-order valence-corrected chi connectivity index (χ0v) is 28.2. The van der Waals surface area contributed by atoms with Crippen molar-refractivity contribution in [3.63, 3.8) is 0 Å². The highest BCUT2D eigenvalue weighted by atomic mass is 19.4. The molecule has 3 atom stereocenters. The highest BCUT2D eigenvalue weighted by Crippen LogP contribution is 2.46. The SMILES string of the molecule is CCCCCCCCCC(c1ccccc1)C1c2cc(OCCc3cn4c(n3)NCCN4)ccc2CC(CC(=O)O)C(=O)N1CC(F)(F)F. The lowest BCUT2D eigenvalue weighted by atomic mass is 9.80. The molecule has 3 unspecified atom stereocenters. The number of nitrogens with one attached hydrogen (secondary N) is 2. The summed E-state index contributed by atoms with van der Waals surface area (Å²) in [6, 6.07) is 13.8. The molecule has 49 heavy (non-hydrogen) atoms. The predicted octanol–water partition coefficient (Wildman–Crippen LogP) is 7.48. The third-order valence-corrected chi connectivity index (χ3v) is 9.44. The van der Waals surface area contributed by atoms with Gasteiger partial charge < -0.3 is 25.5 Å². The molecule has 3 N–H and O–H groups in total. The van der Waals surface area contributed by atoms with E-state index in [1.165, 1.54) is 6.42 Å². The summed E-state index contributed by atoms with van der Waals surface area (Å²) in [6.07, 6.45) is 5.14. The summed E-state index contributed by atoms with van der Waals surface area (Å²) >= 11 is 0. The van der Waals surface area contributed by atoms with Gasteiger partial charge in [-0.15, -0.1) is 0 Å². The smallest absolute Gasteiger partial charge is 0.406 e. The van der Waals surface area contributed by atoms with Crippen LogP contribution in [0.5, 0.6) is 5.75 Å². The van der Waals surface area contributed by atoms with Crippen molar-refractivity contribution in [2.24, 2.45) is 5.92 Å². The Kier molecular flexibility index (Phi) is 12.5. The molecule has 3 heterocycles. The molecule has 1 amide bonds. The van der Waals surface area contributed by atoms with E-state index in [1.807, 2.05) is 41.2 Å². The fourth-order valence-corrected chi connectivity index (χ4v) is 7.14. The zero-order chi connectivity index (χ0) is 34.8. The molecule has 1 aromatic heterocycles. The van der Waals surface area contributed by atoms with E-state index in [2.05, 4.69) is 22.7 Å². The Balaban J connectivity index is 1.48. The van der Waals surface area contributed by atoms with Crippen molar-refractivity contribution >= 4 is 17.8 Å². The average molecular weight is 684 g/mol. The number of imidazole rings is 1.